The fourth-order valence-electron chi connectivity index (χ4n) is 1.95. The van der Waals surface area contributed by atoms with Crippen molar-refractivity contribution in [3.05, 3.63) is 24.3 Å². The number of sulfonamides is 1. The van der Waals surface area contributed by atoms with Gasteiger partial charge in [0.2, 0.25) is 10.0 Å². The van der Waals surface area contributed by atoms with Gasteiger partial charge in [-0.25, -0.2) is 22.0 Å². The highest BCUT2D eigenvalue weighted by atomic mass is 32.2. The molecule has 0 aromatic heterocycles. The molecule has 0 aliphatic rings. The molecule has 120 valence electrons. The lowest BCUT2D eigenvalue weighted by atomic mass is 10.1. The molecule has 0 saturated carbocycles. The molecule has 0 aliphatic carbocycles. The molecule has 2 N–H and O–H groups in total. The van der Waals surface area contributed by atoms with Crippen LogP contribution >= 0.6 is 0 Å². The van der Waals surface area contributed by atoms with Gasteiger partial charge in [-0.05, 0) is 30.7 Å². The Morgan fingerprint density at radius 1 is 1.14 bits per heavy atom. The standard InChI is InChI=1S/C13H21NO5S2/c1-3-4-11(10-21(14,17)18)9-19-12-5-7-13(8-6-12)20(2,15)16/h5-8,11H,3-4,9-10H2,1-2H3,(H2,14,17,18). The van der Waals surface area contributed by atoms with E-state index in [9.17, 15) is 16.8 Å². The summed E-state index contributed by atoms with van der Waals surface area (Å²) in [5.41, 5.74) is 0. The van der Waals surface area contributed by atoms with E-state index in [0.29, 0.717) is 12.2 Å². The molecule has 0 saturated heterocycles. The molecule has 1 aromatic carbocycles. The molecule has 1 rings (SSSR count). The number of hydrogen-bond donors (Lipinski definition) is 1. The highest BCUT2D eigenvalue weighted by Crippen LogP contribution is 2.18. The first-order chi connectivity index (χ1) is 9.62. The maximum Gasteiger partial charge on any atom is 0.209 e. The summed E-state index contributed by atoms with van der Waals surface area (Å²) in [5.74, 6) is 0.194. The van der Waals surface area contributed by atoms with Crippen LogP contribution in [0.5, 0.6) is 5.75 Å². The van der Waals surface area contributed by atoms with Crippen LogP contribution in [0.25, 0.3) is 0 Å². The van der Waals surface area contributed by atoms with Crippen molar-refractivity contribution >= 4 is 19.9 Å². The molecule has 0 bridgehead atoms. The molecule has 6 nitrogen and oxygen atoms in total. The second-order valence-electron chi connectivity index (χ2n) is 5.04. The lowest BCUT2D eigenvalue weighted by molar-refractivity contribution is 0.252. The Morgan fingerprint density at radius 2 is 1.71 bits per heavy atom. The first-order valence-corrected chi connectivity index (χ1v) is 10.2. The average Bonchev–Trinajstić information content (AvgIpc) is 2.34. The zero-order valence-corrected chi connectivity index (χ0v) is 13.8. The number of rotatable bonds is 8. The lowest BCUT2D eigenvalue weighted by Crippen LogP contribution is -2.26. The molecule has 1 unspecified atom stereocenters. The minimum absolute atomic E-state index is 0.123. The molecule has 1 atom stereocenters. The largest absolute Gasteiger partial charge is 0.493 e. The van der Waals surface area contributed by atoms with E-state index in [-0.39, 0.29) is 23.2 Å². The second-order valence-corrected chi connectivity index (χ2v) is 8.71. The third-order valence-electron chi connectivity index (χ3n) is 2.90. The Balaban J connectivity index is 2.68. The smallest absolute Gasteiger partial charge is 0.209 e. The van der Waals surface area contributed by atoms with Crippen LogP contribution in [-0.4, -0.2) is 35.5 Å². The number of hydrogen-bond acceptors (Lipinski definition) is 5. The predicted octanol–water partition coefficient (Wildman–Crippen LogP) is 1.17. The Kier molecular flexibility index (Phi) is 6.18. The second kappa shape index (κ2) is 7.24. The van der Waals surface area contributed by atoms with E-state index in [1.807, 2.05) is 6.92 Å². The Labute approximate surface area is 126 Å². The van der Waals surface area contributed by atoms with Gasteiger partial charge in [0, 0.05) is 12.2 Å². The first-order valence-electron chi connectivity index (χ1n) is 6.55. The van der Waals surface area contributed by atoms with E-state index in [0.717, 1.165) is 12.7 Å². The van der Waals surface area contributed by atoms with Gasteiger partial charge in [-0.2, -0.15) is 0 Å². The van der Waals surface area contributed by atoms with Crippen LogP contribution in [0.4, 0.5) is 0 Å². The van der Waals surface area contributed by atoms with Gasteiger partial charge < -0.3 is 4.74 Å². The fraction of sp³-hybridized carbons (Fsp3) is 0.538. The molecule has 0 aliphatic heterocycles. The number of primary sulfonamides is 1. The third kappa shape index (κ3) is 6.92. The van der Waals surface area contributed by atoms with Crippen molar-refractivity contribution in [2.24, 2.45) is 11.1 Å². The molecule has 0 spiro atoms. The van der Waals surface area contributed by atoms with E-state index < -0.39 is 19.9 Å². The lowest BCUT2D eigenvalue weighted by Gasteiger charge is -2.16. The van der Waals surface area contributed by atoms with Crippen molar-refractivity contribution in [3.8, 4) is 5.75 Å². The summed E-state index contributed by atoms with van der Waals surface area (Å²) < 4.78 is 50.5. The minimum atomic E-state index is -3.54. The molecule has 21 heavy (non-hydrogen) atoms. The van der Waals surface area contributed by atoms with E-state index in [1.54, 1.807) is 12.1 Å². The van der Waals surface area contributed by atoms with E-state index in [2.05, 4.69) is 0 Å². The highest BCUT2D eigenvalue weighted by molar-refractivity contribution is 7.90. The average molecular weight is 335 g/mol. The zero-order chi connectivity index (χ0) is 16.1. The molecule has 1 aromatic rings. The van der Waals surface area contributed by atoms with Crippen LogP contribution in [-0.2, 0) is 19.9 Å². The summed E-state index contributed by atoms with van der Waals surface area (Å²) in [6.07, 6.45) is 2.65. The molecule has 0 amide bonds. The first kappa shape index (κ1) is 17.9. The van der Waals surface area contributed by atoms with Crippen molar-refractivity contribution in [3.63, 3.8) is 0 Å². The SMILES string of the molecule is CCCC(COc1ccc(S(C)(=O)=O)cc1)CS(N)(=O)=O. The predicted molar refractivity (Wildman–Crippen MR) is 81.4 cm³/mol. The van der Waals surface area contributed by atoms with Crippen LogP contribution < -0.4 is 9.88 Å². The van der Waals surface area contributed by atoms with Gasteiger partial charge in [0.15, 0.2) is 9.84 Å². The Hall–Kier alpha value is -1.12. The molecule has 8 heteroatoms. The summed E-state index contributed by atoms with van der Waals surface area (Å²) in [5, 5.41) is 5.05. The topological polar surface area (TPSA) is 104 Å². The quantitative estimate of drug-likeness (QED) is 0.768. The molecule has 0 heterocycles. The van der Waals surface area contributed by atoms with Crippen molar-refractivity contribution in [1.29, 1.82) is 0 Å². The van der Waals surface area contributed by atoms with E-state index >= 15 is 0 Å². The van der Waals surface area contributed by atoms with Gasteiger partial charge in [0.05, 0.1) is 17.3 Å². The molecule has 0 fully saturated rings. The molecular formula is C13H21NO5S2. The van der Waals surface area contributed by atoms with Crippen LogP contribution in [0.15, 0.2) is 29.2 Å². The van der Waals surface area contributed by atoms with Gasteiger partial charge in [0.25, 0.3) is 0 Å². The summed E-state index contributed by atoms with van der Waals surface area (Å²) >= 11 is 0. The summed E-state index contributed by atoms with van der Waals surface area (Å²) in [6, 6.07) is 6.02. The minimum Gasteiger partial charge on any atom is -0.493 e. The van der Waals surface area contributed by atoms with E-state index in [4.69, 9.17) is 9.88 Å². The highest BCUT2D eigenvalue weighted by Gasteiger charge is 2.16. The van der Waals surface area contributed by atoms with Gasteiger partial charge in [-0.3, -0.25) is 0 Å². The van der Waals surface area contributed by atoms with Crippen LogP contribution in [0.1, 0.15) is 19.8 Å². The van der Waals surface area contributed by atoms with Crippen LogP contribution in [0, 0.1) is 5.92 Å². The third-order valence-corrected chi connectivity index (χ3v) is 4.97. The molecular weight excluding hydrogens is 314 g/mol. The maximum atomic E-state index is 11.3. The number of ether oxygens (including phenoxy) is 1. The zero-order valence-electron chi connectivity index (χ0n) is 12.2. The van der Waals surface area contributed by atoms with Gasteiger partial charge in [0.1, 0.15) is 5.75 Å². The summed E-state index contributed by atoms with van der Waals surface area (Å²) in [7, 11) is -6.77. The van der Waals surface area contributed by atoms with Crippen molar-refractivity contribution in [2.75, 3.05) is 18.6 Å². The fourth-order valence-corrected chi connectivity index (χ4v) is 3.50. The summed E-state index contributed by atoms with van der Waals surface area (Å²) in [4.78, 5) is 0.212. The van der Waals surface area contributed by atoms with E-state index in [1.165, 1.54) is 12.1 Å². The number of sulfone groups is 1. The van der Waals surface area contributed by atoms with Crippen LogP contribution in [0.3, 0.4) is 0 Å². The van der Waals surface area contributed by atoms with Crippen molar-refractivity contribution in [1.82, 2.24) is 0 Å². The molecule has 0 radical (unpaired) electrons. The number of nitrogens with two attached hydrogens (primary N) is 1. The van der Waals surface area contributed by atoms with Crippen LogP contribution in [0.2, 0.25) is 0 Å². The van der Waals surface area contributed by atoms with Crippen molar-refractivity contribution < 1.29 is 21.6 Å². The van der Waals surface area contributed by atoms with Crippen molar-refractivity contribution in [2.45, 2.75) is 24.7 Å². The van der Waals surface area contributed by atoms with Gasteiger partial charge >= 0.3 is 0 Å². The normalized spacial score (nSPS) is 13.9. The van der Waals surface area contributed by atoms with Gasteiger partial charge in [-0.1, -0.05) is 13.3 Å². The Bertz CT molecular complexity index is 650. The number of benzene rings is 1. The monoisotopic (exact) mass is 335 g/mol. The Morgan fingerprint density at radius 3 is 2.14 bits per heavy atom. The summed E-state index contributed by atoms with van der Waals surface area (Å²) in [6.45, 7) is 2.18. The van der Waals surface area contributed by atoms with Gasteiger partial charge in [-0.15, -0.1) is 0 Å². The maximum absolute atomic E-state index is 11.3.